The number of benzene rings is 5. The van der Waals surface area contributed by atoms with Gasteiger partial charge in [0.2, 0.25) is 16.5 Å². The van der Waals surface area contributed by atoms with E-state index in [0.717, 1.165) is 60.3 Å². The zero-order chi connectivity index (χ0) is 90.7. The number of aldehydes is 5. The Morgan fingerprint density at radius 1 is 0.369 bits per heavy atom. The van der Waals surface area contributed by atoms with Gasteiger partial charge in [-0.25, -0.2) is 9.59 Å². The molecule has 0 aliphatic heterocycles. The van der Waals surface area contributed by atoms with Crippen molar-refractivity contribution in [1.29, 1.82) is 0 Å². The van der Waals surface area contributed by atoms with Crippen molar-refractivity contribution in [3.05, 3.63) is 160 Å². The highest BCUT2D eigenvalue weighted by Gasteiger charge is 2.11. The fraction of sp³-hybridized carbons (Fsp3) is 0.425. The number of hydrogen-bond acceptors (Lipinski definition) is 29. The van der Waals surface area contributed by atoms with Crippen LogP contribution in [0.2, 0.25) is 0 Å². The van der Waals surface area contributed by atoms with Crippen LogP contribution in [0.1, 0.15) is 114 Å². The molecule has 122 heavy (non-hydrogen) atoms. The lowest BCUT2D eigenvalue weighted by Gasteiger charge is -2.10. The fourth-order valence-corrected chi connectivity index (χ4v) is 19.0. The summed E-state index contributed by atoms with van der Waals surface area (Å²) in [4.78, 5) is 132. The van der Waals surface area contributed by atoms with Crippen molar-refractivity contribution in [2.24, 2.45) is 11.5 Å². The van der Waals surface area contributed by atoms with Crippen LogP contribution >= 0.6 is 77.2 Å². The summed E-state index contributed by atoms with van der Waals surface area (Å²) in [5.41, 5.74) is 13.9. The maximum atomic E-state index is 11.8. The van der Waals surface area contributed by atoms with Gasteiger partial charge in [-0.1, -0.05) is 133 Å². The molecular weight excluding hydrogens is 2160 g/mol. The summed E-state index contributed by atoms with van der Waals surface area (Å²) in [6, 6.07) is 33.6. The van der Waals surface area contributed by atoms with E-state index in [1.807, 2.05) is 0 Å². The molecule has 0 saturated carbocycles. The van der Waals surface area contributed by atoms with Crippen LogP contribution < -0.4 is 52.8 Å². The van der Waals surface area contributed by atoms with Crippen molar-refractivity contribution in [3.63, 3.8) is 0 Å². The largest absolute Gasteiger partial charge is 0.507 e. The van der Waals surface area contributed by atoms with Gasteiger partial charge in [0.15, 0.2) is 32.1 Å². The van der Waals surface area contributed by atoms with Crippen LogP contribution in [0.25, 0.3) is 0 Å². The van der Waals surface area contributed by atoms with Gasteiger partial charge in [0.25, 0.3) is 11.8 Å². The van der Waals surface area contributed by atoms with E-state index < -0.39 is 12.2 Å². The highest BCUT2D eigenvalue weighted by atomic mass is 79.9. The van der Waals surface area contributed by atoms with Gasteiger partial charge >= 0.3 is 12.2 Å². The van der Waals surface area contributed by atoms with Gasteiger partial charge in [-0.3, -0.25) is 47.9 Å². The average Bonchev–Trinajstić information content (AvgIpc) is 0.911. The molecule has 0 spiro atoms. The number of phenols is 1. The monoisotopic (exact) mass is 2250 g/mol. The Kier molecular flexibility index (Phi) is 101. The van der Waals surface area contributed by atoms with Crippen LogP contribution in [0.3, 0.4) is 0 Å². The van der Waals surface area contributed by atoms with Crippen LogP contribution in [0, 0.1) is 0 Å². The van der Waals surface area contributed by atoms with Crippen LogP contribution in [0.5, 0.6) is 17.2 Å². The Labute approximate surface area is 807 Å². The molecule has 0 radical (unpaired) electrons. The first kappa shape index (κ1) is 126. The predicted molar refractivity (Wildman–Crippen MR) is 535 cm³/mol. The summed E-state index contributed by atoms with van der Waals surface area (Å²) < 4.78 is 42.3. The number of nitrogens with one attached hydrogen (secondary N) is 6. The lowest BCUT2D eigenvalue weighted by Crippen LogP contribution is -2.30. The number of carbonyl (C=O) groups excluding carboxylic acids is 12. The number of alkyl carbamates (subject to hydrolysis) is 2. The topological polar surface area (TPSA) is 423 Å². The van der Waals surface area contributed by atoms with Crippen LogP contribution in [0.15, 0.2) is 121 Å². The minimum atomic E-state index is -0.559. The van der Waals surface area contributed by atoms with Crippen molar-refractivity contribution in [2.45, 2.75) is 64.6 Å². The second-order valence-electron chi connectivity index (χ2n) is 21.8. The van der Waals surface area contributed by atoms with Gasteiger partial charge in [-0.15, -0.1) is 0 Å². The normalized spacial score (nSPS) is 9.30. The van der Waals surface area contributed by atoms with E-state index in [-0.39, 0.29) is 74.0 Å². The smallest absolute Gasteiger partial charge is 0.407 e. The number of ether oxygens (including phenoxy) is 8. The fourth-order valence-electron chi connectivity index (χ4n) is 7.60. The second-order valence-corrected chi connectivity index (χ2v) is 40.3. The minimum absolute atomic E-state index is 0. The number of rotatable bonds is 48. The predicted octanol–water partition coefficient (Wildman–Crippen LogP) is 8.15. The number of alkyl halides is 3. The number of amides is 6. The van der Waals surface area contributed by atoms with E-state index in [9.17, 15) is 57.5 Å². The number of aromatic hydroxyl groups is 1. The van der Waals surface area contributed by atoms with Crippen molar-refractivity contribution < 1.29 is 101 Å². The highest BCUT2D eigenvalue weighted by Crippen LogP contribution is 2.17. The molecule has 0 aromatic heterocycles. The Morgan fingerprint density at radius 3 is 0.910 bits per heavy atom. The first-order chi connectivity index (χ1) is 58.7. The third-order valence-corrected chi connectivity index (χ3v) is 29.0. The molecular formula is C73H100Br4N8O21S16. The molecule has 0 heterocycles. The van der Waals surface area contributed by atoms with Crippen molar-refractivity contribution in [1.82, 2.24) is 31.9 Å². The lowest BCUT2D eigenvalue weighted by atomic mass is 10.1. The SMILES string of the molecule is NCCCOCCCN.O=C(Br)CBr.O=C(CBr)NCCCOCCCNC(=O)CBr.O=Cc1ccccc1COC(=O)NCCCOCCCNC(=O)COc1ccccc1C=O.O=Cc1ccccc1COC(=O)NCCCOCCCNC(=O)COc1ccccc1C=O.O=Cc1ccccc1O.S.S=S=S.S=S=S=S=S.S=S=S=S=S=S=S. The standard InChI is InChI=1S/2C24H28N2O7.C10H18Br2N2O3.C7H6O2.C6H16N2O.C2H2Br2O.S7.S5.S3.H2S/c2*27-15-19-7-1-2-9-21(19)17-33-24(30)26-12-6-14-31-13-5-11-25-23(29)18-32-22-10-4-3-8-20(22)16-28;11-7-9(15)13-3-1-5-17-6-2-4-14-10(16)8-12;8-5-6-3-1-2-4-7(6)9;7-3-1-5-9-6-2-4-8;3-1-2(4)5;1-3-5-7-6-4-2;1-3-5-4-2;1-3-2;/h2*1-4,7-10,15-16H,5-6,11-14,17-18H2,(H,25,29)(H,26,30);1-8H2,(H,13,15)(H,14,16);1-5,9H;1-8H2;1H2;;;;1H2. The van der Waals surface area contributed by atoms with Gasteiger partial charge in [-0.05, 0) is 128 Å². The van der Waals surface area contributed by atoms with Crippen molar-refractivity contribution in [3.8, 4) is 17.2 Å². The molecule has 6 amide bonds. The van der Waals surface area contributed by atoms with E-state index in [1.54, 1.807) is 142 Å². The molecule has 0 aliphatic carbocycles. The average molecular weight is 2260 g/mol. The van der Waals surface area contributed by atoms with E-state index in [0.29, 0.717) is 203 Å². The maximum absolute atomic E-state index is 11.8. The summed E-state index contributed by atoms with van der Waals surface area (Å²) in [5, 5.41) is 26.1. The Bertz CT molecular complexity index is 3800. The molecule has 0 aliphatic rings. The van der Waals surface area contributed by atoms with E-state index in [1.165, 1.54) is 50.5 Å². The third-order valence-electron chi connectivity index (χ3n) is 13.1. The van der Waals surface area contributed by atoms with Gasteiger partial charge in [0, 0.05) is 250 Å². The number of phenolic OH excluding ortho intramolecular Hbond substituents is 1. The van der Waals surface area contributed by atoms with Crippen LogP contribution in [-0.2, 0) is 213 Å². The van der Waals surface area contributed by atoms with Gasteiger partial charge < -0.3 is 86.4 Å². The van der Waals surface area contributed by atoms with E-state index >= 15 is 0 Å². The Morgan fingerprint density at radius 2 is 0.639 bits per heavy atom. The second kappa shape index (κ2) is 98.4. The summed E-state index contributed by atoms with van der Waals surface area (Å²) in [5.74, 6) is 0.185. The first-order valence-electron chi connectivity index (χ1n) is 35.6. The number of para-hydroxylation sites is 3. The minimum Gasteiger partial charge on any atom is -0.507 e. The Balaban J connectivity index is -0.000000470. The quantitative estimate of drug-likeness (QED) is 0.00767. The van der Waals surface area contributed by atoms with Crippen LogP contribution in [-0.4, -0.2) is 211 Å². The molecule has 5 aromatic carbocycles. The zero-order valence-corrected chi connectivity index (χ0v) is 85.3. The van der Waals surface area contributed by atoms with Gasteiger partial charge in [0.05, 0.1) is 32.7 Å². The Hall–Kier alpha value is -4.73. The number of halogens is 4. The molecule has 5 aromatic rings. The summed E-state index contributed by atoms with van der Waals surface area (Å²) in [6.45, 7) is 8.66. The van der Waals surface area contributed by atoms with E-state index in [4.69, 9.17) is 54.5 Å². The molecule has 0 unspecified atom stereocenters. The molecule has 29 nitrogen and oxygen atoms in total. The molecule has 0 saturated heterocycles. The molecule has 0 atom stereocenters. The third kappa shape index (κ3) is 83.5. The molecule has 0 bridgehead atoms. The van der Waals surface area contributed by atoms with Gasteiger partial charge in [-0.2, -0.15) is 13.5 Å². The highest BCUT2D eigenvalue weighted by molar-refractivity contribution is 9.19. The molecule has 682 valence electrons. The number of hydrogen-bond donors (Lipinski definition) is 9. The molecule has 0 fully saturated rings. The van der Waals surface area contributed by atoms with Crippen molar-refractivity contribution >= 4 is 296 Å². The zero-order valence-electron chi connectivity index (χ0n) is 65.8. The van der Waals surface area contributed by atoms with Crippen molar-refractivity contribution in [2.75, 3.05) is 134 Å². The summed E-state index contributed by atoms with van der Waals surface area (Å²) >= 11 is 38.0. The van der Waals surface area contributed by atoms with Gasteiger partial charge in [0.1, 0.15) is 43.0 Å². The van der Waals surface area contributed by atoms with Crippen LogP contribution in [0.4, 0.5) is 9.59 Å². The molecule has 11 N–H and O–H groups in total. The molecule has 49 heteroatoms. The number of nitrogens with two attached hydrogens (primary N) is 2. The summed E-state index contributed by atoms with van der Waals surface area (Å²) in [7, 11) is 12.2. The summed E-state index contributed by atoms with van der Waals surface area (Å²) in [6.07, 6.45) is 8.27. The molecule has 5 rings (SSSR count). The first-order valence-corrected chi connectivity index (χ1v) is 55.8. The maximum Gasteiger partial charge on any atom is 0.407 e. The van der Waals surface area contributed by atoms with E-state index in [2.05, 4.69) is 163 Å². The lowest BCUT2D eigenvalue weighted by molar-refractivity contribution is -0.123. The number of carbonyl (C=O) groups is 12.